The lowest BCUT2D eigenvalue weighted by Crippen LogP contribution is -2.40. The van der Waals surface area contributed by atoms with E-state index in [1.807, 2.05) is 36.4 Å². The Kier molecular flexibility index (Phi) is 6.78. The molecule has 0 aliphatic carbocycles. The highest BCUT2D eigenvalue weighted by Crippen LogP contribution is 2.36. The summed E-state index contributed by atoms with van der Waals surface area (Å²) in [6.45, 7) is 11.7. The van der Waals surface area contributed by atoms with Crippen LogP contribution in [0.25, 0.3) is 0 Å². The molecule has 27 heavy (non-hydrogen) atoms. The zero-order valence-corrected chi connectivity index (χ0v) is 17.6. The van der Waals surface area contributed by atoms with Crippen molar-refractivity contribution in [1.29, 1.82) is 0 Å². The van der Waals surface area contributed by atoms with Gasteiger partial charge >= 0.3 is 0 Å². The van der Waals surface area contributed by atoms with Gasteiger partial charge < -0.3 is 14.9 Å². The minimum atomic E-state index is -1.74. The molecule has 0 saturated heterocycles. The maximum absolute atomic E-state index is 6.08. The van der Waals surface area contributed by atoms with Crippen molar-refractivity contribution in [3.63, 3.8) is 0 Å². The summed E-state index contributed by atoms with van der Waals surface area (Å²) in [5, 5.41) is 0.192. The van der Waals surface area contributed by atoms with Gasteiger partial charge in [0.25, 0.3) is 0 Å². The summed E-state index contributed by atoms with van der Waals surface area (Å²) in [6.07, 6.45) is 5.06. The van der Waals surface area contributed by atoms with Crippen LogP contribution >= 0.6 is 0 Å². The van der Waals surface area contributed by atoms with Gasteiger partial charge in [-0.05, 0) is 42.3 Å². The first-order valence-electron chi connectivity index (χ1n) is 8.84. The fraction of sp³-hybridized carbons (Fsp3) is 0.333. The number of hydrogen-bond acceptors (Lipinski definition) is 5. The molecular weight excluding hydrogens is 354 g/mol. The number of nitrogens with zero attached hydrogens (tertiary/aromatic N) is 2. The second-order valence-corrected chi connectivity index (χ2v) is 12.4. The van der Waals surface area contributed by atoms with Crippen molar-refractivity contribution < 1.29 is 9.16 Å². The van der Waals surface area contributed by atoms with Crippen LogP contribution in [0, 0.1) is 11.8 Å². The zero-order valence-electron chi connectivity index (χ0n) is 16.6. The monoisotopic (exact) mass is 381 g/mol. The maximum atomic E-state index is 6.08. The van der Waals surface area contributed by atoms with Gasteiger partial charge in [-0.1, -0.05) is 51.0 Å². The Morgan fingerprint density at radius 2 is 1.85 bits per heavy atom. The number of hydrogen-bond donors (Lipinski definition) is 1. The molecule has 1 heterocycles. The summed E-state index contributed by atoms with van der Waals surface area (Å²) >= 11 is 0. The lowest BCUT2D eigenvalue weighted by Gasteiger charge is -2.35. The Bertz CT molecular complexity index is 847. The first kappa shape index (κ1) is 20.7. The minimum absolute atomic E-state index is 0.192. The molecule has 2 aromatic rings. The van der Waals surface area contributed by atoms with Crippen molar-refractivity contribution in [3.8, 4) is 23.5 Å². The quantitative estimate of drug-likeness (QED) is 0.596. The molecule has 6 heteroatoms. The molecule has 0 aliphatic rings. The molecule has 2 N–H and O–H groups in total. The van der Waals surface area contributed by atoms with Crippen molar-refractivity contribution >= 4 is 14.0 Å². The van der Waals surface area contributed by atoms with E-state index in [0.29, 0.717) is 29.6 Å². The van der Waals surface area contributed by atoms with Gasteiger partial charge in [-0.3, -0.25) is 0 Å². The number of allylic oxidation sites excluding steroid dienone is 1. The molecule has 1 aromatic heterocycles. The topological polar surface area (TPSA) is 70.3 Å². The van der Waals surface area contributed by atoms with Crippen LogP contribution in [0.1, 0.15) is 26.5 Å². The molecule has 0 bridgehead atoms. The smallest absolute Gasteiger partial charge is 0.247 e. The van der Waals surface area contributed by atoms with Gasteiger partial charge in [0.15, 0.2) is 8.32 Å². The summed E-state index contributed by atoms with van der Waals surface area (Å²) < 4.78 is 11.8. The van der Waals surface area contributed by atoms with Crippen LogP contribution < -0.4 is 10.5 Å². The molecule has 0 fully saturated rings. The summed E-state index contributed by atoms with van der Waals surface area (Å²) in [5.41, 5.74) is 6.84. The second kappa shape index (κ2) is 8.85. The number of nitrogens with two attached hydrogens (primary N) is 1. The highest BCUT2D eigenvalue weighted by molar-refractivity contribution is 6.74. The highest BCUT2D eigenvalue weighted by atomic mass is 28.4. The third-order valence-electron chi connectivity index (χ3n) is 4.54. The standard InChI is InChI=1S/C21H27N3O2Si/c1-21(2,3)27(4,5)25-15-11-7-10-14-18-19(22)20(24-16-23-18)26-17-12-8-6-9-13-17/h6-9,11-13,16H,15,22H2,1-5H3/b11-7+. The Hall–Kier alpha value is -2.62. The highest BCUT2D eigenvalue weighted by Gasteiger charge is 2.36. The van der Waals surface area contributed by atoms with Gasteiger partial charge in [0, 0.05) is 0 Å². The van der Waals surface area contributed by atoms with Gasteiger partial charge in [0.2, 0.25) is 5.88 Å². The summed E-state index contributed by atoms with van der Waals surface area (Å²) in [5.74, 6) is 6.82. The van der Waals surface area contributed by atoms with Gasteiger partial charge in [-0.15, -0.1) is 0 Å². The average molecular weight is 382 g/mol. The SMILES string of the molecule is CC(C)(C)[Si](C)(C)OC/C=C/C#Cc1ncnc(Oc2ccccc2)c1N. The van der Waals surface area contributed by atoms with E-state index >= 15 is 0 Å². The van der Waals surface area contributed by atoms with Gasteiger partial charge in [-0.25, -0.2) is 4.98 Å². The van der Waals surface area contributed by atoms with E-state index < -0.39 is 8.32 Å². The lowest BCUT2D eigenvalue weighted by molar-refractivity contribution is 0.328. The summed E-state index contributed by atoms with van der Waals surface area (Å²) in [4.78, 5) is 8.20. The van der Waals surface area contributed by atoms with E-state index in [4.69, 9.17) is 14.9 Å². The number of rotatable bonds is 5. The fourth-order valence-corrected chi connectivity index (χ4v) is 2.80. The number of nitrogen functional groups attached to an aromatic ring is 1. The summed E-state index contributed by atoms with van der Waals surface area (Å²) in [7, 11) is -1.74. The molecule has 0 radical (unpaired) electrons. The summed E-state index contributed by atoms with van der Waals surface area (Å²) in [6, 6.07) is 9.33. The van der Waals surface area contributed by atoms with Crippen LogP contribution in [-0.4, -0.2) is 24.9 Å². The van der Waals surface area contributed by atoms with E-state index in [0.717, 1.165) is 0 Å². The first-order chi connectivity index (χ1) is 12.7. The van der Waals surface area contributed by atoms with E-state index in [9.17, 15) is 0 Å². The molecule has 0 saturated carbocycles. The van der Waals surface area contributed by atoms with Crippen LogP contribution in [0.3, 0.4) is 0 Å². The number of aromatic nitrogens is 2. The number of anilines is 1. The average Bonchev–Trinajstić information content (AvgIpc) is 2.61. The zero-order chi connectivity index (χ0) is 19.9. The molecule has 0 amide bonds. The van der Waals surface area contributed by atoms with Crippen LogP contribution in [0.15, 0.2) is 48.8 Å². The number of benzene rings is 1. The molecule has 1 aromatic carbocycles. The Morgan fingerprint density at radius 1 is 1.15 bits per heavy atom. The van der Waals surface area contributed by atoms with Gasteiger partial charge in [0.05, 0.1) is 6.61 Å². The Balaban J connectivity index is 1.99. The number of ether oxygens (including phenoxy) is 1. The first-order valence-corrected chi connectivity index (χ1v) is 11.8. The van der Waals surface area contributed by atoms with Crippen LogP contribution in [-0.2, 0) is 4.43 Å². The van der Waals surface area contributed by atoms with Crippen molar-refractivity contribution in [3.05, 3.63) is 54.5 Å². The fourth-order valence-electron chi connectivity index (χ4n) is 1.85. The van der Waals surface area contributed by atoms with Crippen LogP contribution in [0.4, 0.5) is 5.69 Å². The van der Waals surface area contributed by atoms with Gasteiger partial charge in [-0.2, -0.15) is 4.98 Å². The van der Waals surface area contributed by atoms with Gasteiger partial charge in [0.1, 0.15) is 23.5 Å². The normalized spacial score (nSPS) is 11.9. The molecule has 0 aliphatic heterocycles. The predicted molar refractivity (Wildman–Crippen MR) is 112 cm³/mol. The predicted octanol–water partition coefficient (Wildman–Crippen LogP) is 4.78. The van der Waals surface area contributed by atoms with Crippen LogP contribution in [0.5, 0.6) is 11.6 Å². The molecule has 5 nitrogen and oxygen atoms in total. The third-order valence-corrected chi connectivity index (χ3v) is 9.04. The molecule has 0 atom stereocenters. The molecular formula is C21H27N3O2Si. The minimum Gasteiger partial charge on any atom is -0.437 e. The van der Waals surface area contributed by atoms with Crippen molar-refractivity contribution in [2.75, 3.05) is 12.3 Å². The van der Waals surface area contributed by atoms with Crippen LogP contribution in [0.2, 0.25) is 18.1 Å². The lowest BCUT2D eigenvalue weighted by atomic mass is 10.2. The molecule has 0 spiro atoms. The molecule has 2 rings (SSSR count). The van der Waals surface area contributed by atoms with E-state index in [1.165, 1.54) is 6.33 Å². The Morgan fingerprint density at radius 3 is 2.52 bits per heavy atom. The van der Waals surface area contributed by atoms with E-state index in [2.05, 4.69) is 55.7 Å². The Labute approximate surface area is 162 Å². The van der Waals surface area contributed by atoms with Crippen molar-refractivity contribution in [1.82, 2.24) is 9.97 Å². The van der Waals surface area contributed by atoms with E-state index in [-0.39, 0.29) is 5.04 Å². The maximum Gasteiger partial charge on any atom is 0.247 e. The molecule has 0 unspecified atom stereocenters. The van der Waals surface area contributed by atoms with E-state index in [1.54, 1.807) is 6.08 Å². The second-order valence-electron chi connectivity index (χ2n) is 7.60. The molecule has 142 valence electrons. The number of para-hydroxylation sites is 1. The largest absolute Gasteiger partial charge is 0.437 e. The van der Waals surface area contributed by atoms with Crippen molar-refractivity contribution in [2.24, 2.45) is 0 Å². The third kappa shape index (κ3) is 5.95. The van der Waals surface area contributed by atoms with Crippen molar-refractivity contribution in [2.45, 2.75) is 38.9 Å².